The van der Waals surface area contributed by atoms with Gasteiger partial charge in [0.25, 0.3) is 5.69 Å². The summed E-state index contributed by atoms with van der Waals surface area (Å²) >= 11 is 0. The number of hydrogen-bond acceptors (Lipinski definition) is 3. The van der Waals surface area contributed by atoms with Gasteiger partial charge in [0.2, 0.25) is 0 Å². The topological polar surface area (TPSA) is 46.4 Å². The van der Waals surface area contributed by atoms with Crippen LogP contribution in [-0.2, 0) is 0 Å². The molecule has 1 aromatic carbocycles. The van der Waals surface area contributed by atoms with Crippen LogP contribution in [0.4, 0.5) is 15.8 Å². The van der Waals surface area contributed by atoms with E-state index in [-0.39, 0.29) is 5.69 Å². The van der Waals surface area contributed by atoms with Gasteiger partial charge in [-0.2, -0.15) is 0 Å². The van der Waals surface area contributed by atoms with Crippen molar-refractivity contribution in [3.05, 3.63) is 34.1 Å². The largest absolute Gasteiger partial charge is 0.366 e. The van der Waals surface area contributed by atoms with E-state index in [1.54, 1.807) is 0 Å². The molecule has 1 aliphatic rings. The van der Waals surface area contributed by atoms with E-state index in [2.05, 4.69) is 0 Å². The maximum absolute atomic E-state index is 13.7. The van der Waals surface area contributed by atoms with Crippen molar-refractivity contribution in [1.82, 2.24) is 0 Å². The predicted molar refractivity (Wildman–Crippen MR) is 59.1 cm³/mol. The van der Waals surface area contributed by atoms with Gasteiger partial charge in [0.05, 0.1) is 16.7 Å². The Morgan fingerprint density at radius 3 is 2.81 bits per heavy atom. The minimum absolute atomic E-state index is 0.201. The molecular weight excluding hydrogens is 211 g/mol. The summed E-state index contributed by atoms with van der Waals surface area (Å²) in [5.74, 6) is -0.511. The van der Waals surface area contributed by atoms with Crippen LogP contribution in [0.15, 0.2) is 18.2 Å². The second-order valence-electron chi connectivity index (χ2n) is 4.08. The van der Waals surface area contributed by atoms with Crippen molar-refractivity contribution in [2.45, 2.75) is 25.8 Å². The molecule has 0 aromatic heterocycles. The first-order valence-electron chi connectivity index (χ1n) is 5.30. The summed E-state index contributed by atoms with van der Waals surface area (Å²) in [6.45, 7) is 2.85. The van der Waals surface area contributed by atoms with Gasteiger partial charge < -0.3 is 4.90 Å². The molecule has 1 atom stereocenters. The van der Waals surface area contributed by atoms with Crippen molar-refractivity contribution in [2.24, 2.45) is 0 Å². The quantitative estimate of drug-likeness (QED) is 0.573. The highest BCUT2D eigenvalue weighted by Crippen LogP contribution is 2.29. The molecule has 1 heterocycles. The van der Waals surface area contributed by atoms with Crippen molar-refractivity contribution in [2.75, 3.05) is 11.4 Å². The minimum atomic E-state index is -0.583. The molecule has 0 N–H and O–H groups in total. The van der Waals surface area contributed by atoms with Crippen molar-refractivity contribution in [3.63, 3.8) is 0 Å². The Labute approximate surface area is 92.8 Å². The summed E-state index contributed by atoms with van der Waals surface area (Å²) in [5.41, 5.74) is 0.267. The van der Waals surface area contributed by atoms with Gasteiger partial charge in [0.15, 0.2) is 5.82 Å². The van der Waals surface area contributed by atoms with Gasteiger partial charge in [-0.25, -0.2) is 4.39 Å². The van der Waals surface area contributed by atoms with Gasteiger partial charge in [-0.3, -0.25) is 10.1 Å². The second kappa shape index (κ2) is 4.08. The first-order chi connectivity index (χ1) is 7.59. The average Bonchev–Trinajstić information content (AvgIpc) is 2.64. The van der Waals surface area contributed by atoms with Gasteiger partial charge in [0.1, 0.15) is 0 Å². The number of halogens is 1. The van der Waals surface area contributed by atoms with Crippen LogP contribution in [0.25, 0.3) is 0 Å². The van der Waals surface area contributed by atoms with Crippen molar-refractivity contribution in [3.8, 4) is 0 Å². The lowest BCUT2D eigenvalue weighted by molar-refractivity contribution is -0.385. The SMILES string of the molecule is C[C@@H]1CCCN1c1ccc([N+](=O)[O-])cc1F. The summed E-state index contributed by atoms with van der Waals surface area (Å²) in [6.07, 6.45) is 2.08. The third kappa shape index (κ3) is 1.85. The predicted octanol–water partition coefficient (Wildman–Crippen LogP) is 2.72. The first-order valence-corrected chi connectivity index (χ1v) is 5.30. The lowest BCUT2D eigenvalue weighted by atomic mass is 10.2. The zero-order valence-electron chi connectivity index (χ0n) is 9.02. The summed E-state index contributed by atoms with van der Waals surface area (Å²) in [4.78, 5) is 11.8. The smallest absolute Gasteiger partial charge is 0.272 e. The molecule has 0 bridgehead atoms. The van der Waals surface area contributed by atoms with Crippen molar-refractivity contribution in [1.29, 1.82) is 0 Å². The zero-order valence-corrected chi connectivity index (χ0v) is 9.02. The molecule has 0 amide bonds. The maximum atomic E-state index is 13.7. The maximum Gasteiger partial charge on any atom is 0.272 e. The highest BCUT2D eigenvalue weighted by atomic mass is 19.1. The highest BCUT2D eigenvalue weighted by Gasteiger charge is 2.24. The fourth-order valence-corrected chi connectivity index (χ4v) is 2.13. The third-order valence-corrected chi connectivity index (χ3v) is 3.00. The van der Waals surface area contributed by atoms with E-state index >= 15 is 0 Å². The molecule has 5 heteroatoms. The van der Waals surface area contributed by atoms with Crippen LogP contribution in [0.3, 0.4) is 0 Å². The fourth-order valence-electron chi connectivity index (χ4n) is 2.13. The first kappa shape index (κ1) is 10.9. The van der Waals surface area contributed by atoms with Gasteiger partial charge >= 0.3 is 0 Å². The molecule has 86 valence electrons. The van der Waals surface area contributed by atoms with Gasteiger partial charge in [-0.15, -0.1) is 0 Å². The van der Waals surface area contributed by atoms with Crippen LogP contribution >= 0.6 is 0 Å². The van der Waals surface area contributed by atoms with Crippen LogP contribution in [0, 0.1) is 15.9 Å². The number of nitro groups is 1. The van der Waals surface area contributed by atoms with E-state index < -0.39 is 10.7 Å². The number of rotatable bonds is 2. The fraction of sp³-hybridized carbons (Fsp3) is 0.455. The molecular formula is C11H13FN2O2. The number of benzene rings is 1. The lowest BCUT2D eigenvalue weighted by Gasteiger charge is -2.23. The Kier molecular flexibility index (Phi) is 2.77. The molecule has 1 aliphatic heterocycles. The summed E-state index contributed by atoms with van der Waals surface area (Å²) in [6, 6.07) is 4.13. The van der Waals surface area contributed by atoms with E-state index in [4.69, 9.17) is 0 Å². The molecule has 0 unspecified atom stereocenters. The second-order valence-corrected chi connectivity index (χ2v) is 4.08. The molecule has 0 saturated carbocycles. The van der Waals surface area contributed by atoms with Gasteiger partial charge in [0, 0.05) is 18.7 Å². The van der Waals surface area contributed by atoms with E-state index in [0.29, 0.717) is 11.7 Å². The van der Waals surface area contributed by atoms with Crippen LogP contribution in [0.2, 0.25) is 0 Å². The van der Waals surface area contributed by atoms with E-state index in [1.807, 2.05) is 11.8 Å². The molecule has 16 heavy (non-hydrogen) atoms. The van der Waals surface area contributed by atoms with Crippen LogP contribution < -0.4 is 4.90 Å². The lowest BCUT2D eigenvalue weighted by Crippen LogP contribution is -2.27. The molecule has 0 radical (unpaired) electrons. The van der Waals surface area contributed by atoms with Crippen molar-refractivity contribution >= 4 is 11.4 Å². The molecule has 4 nitrogen and oxygen atoms in total. The average molecular weight is 224 g/mol. The Hall–Kier alpha value is -1.65. The van der Waals surface area contributed by atoms with E-state index in [9.17, 15) is 14.5 Å². The standard InChI is InChI=1S/C11H13FN2O2/c1-8-3-2-6-13(8)11-5-4-9(14(15)16)7-10(11)12/h4-5,7-8H,2-3,6H2,1H3/t8-/m1/s1. The van der Waals surface area contributed by atoms with E-state index in [1.165, 1.54) is 12.1 Å². The number of hydrogen-bond donors (Lipinski definition) is 0. The number of anilines is 1. The third-order valence-electron chi connectivity index (χ3n) is 3.00. The Morgan fingerprint density at radius 1 is 1.56 bits per heavy atom. The summed E-state index contributed by atoms with van der Waals surface area (Å²) in [5, 5.41) is 10.5. The molecule has 1 saturated heterocycles. The molecule has 0 aliphatic carbocycles. The normalized spacial score (nSPS) is 20.1. The minimum Gasteiger partial charge on any atom is -0.366 e. The molecule has 2 rings (SSSR count). The Balaban J connectivity index is 2.32. The monoisotopic (exact) mass is 224 g/mol. The number of non-ortho nitro benzene ring substituents is 1. The van der Waals surface area contributed by atoms with Gasteiger partial charge in [-0.1, -0.05) is 0 Å². The van der Waals surface area contributed by atoms with Crippen LogP contribution in [0.1, 0.15) is 19.8 Å². The number of nitro benzene ring substituents is 1. The summed E-state index contributed by atoms with van der Waals surface area (Å²) in [7, 11) is 0. The zero-order chi connectivity index (χ0) is 11.7. The Bertz CT molecular complexity index is 422. The van der Waals surface area contributed by atoms with Crippen molar-refractivity contribution < 1.29 is 9.31 Å². The Morgan fingerprint density at radius 2 is 2.31 bits per heavy atom. The van der Waals surface area contributed by atoms with Gasteiger partial charge in [-0.05, 0) is 25.8 Å². The highest BCUT2D eigenvalue weighted by molar-refractivity contribution is 5.53. The summed E-state index contributed by atoms with van der Waals surface area (Å²) < 4.78 is 13.7. The molecule has 1 aromatic rings. The van der Waals surface area contributed by atoms with E-state index in [0.717, 1.165) is 25.5 Å². The molecule has 1 fully saturated rings. The number of nitrogens with zero attached hydrogens (tertiary/aromatic N) is 2. The molecule has 0 spiro atoms. The van der Waals surface area contributed by atoms with Crippen LogP contribution in [0.5, 0.6) is 0 Å². The van der Waals surface area contributed by atoms with Crippen LogP contribution in [-0.4, -0.2) is 17.5 Å².